The Balaban J connectivity index is 1.83. The van der Waals surface area contributed by atoms with Gasteiger partial charge in [-0.25, -0.2) is 9.97 Å². The molecule has 128 valence electrons. The third-order valence-corrected chi connectivity index (χ3v) is 3.61. The molecule has 0 spiro atoms. The maximum Gasteiger partial charge on any atom is 0.142 e. The van der Waals surface area contributed by atoms with E-state index in [4.69, 9.17) is 4.74 Å². The van der Waals surface area contributed by atoms with Gasteiger partial charge < -0.3 is 15.4 Å². The van der Waals surface area contributed by atoms with E-state index in [2.05, 4.69) is 39.7 Å². The van der Waals surface area contributed by atoms with Crippen LogP contribution < -0.4 is 15.4 Å². The van der Waals surface area contributed by atoms with E-state index < -0.39 is 0 Å². The molecule has 0 radical (unpaired) electrons. The van der Waals surface area contributed by atoms with Gasteiger partial charge in [-0.2, -0.15) is 0 Å². The van der Waals surface area contributed by atoms with E-state index in [0.29, 0.717) is 18.2 Å². The van der Waals surface area contributed by atoms with Crippen molar-refractivity contribution in [1.82, 2.24) is 9.97 Å². The average molecular weight is 334 g/mol. The number of nitrogens with one attached hydrogen (secondary N) is 2. The lowest BCUT2D eigenvalue weighted by molar-refractivity contribution is 0.342. The number of rotatable bonds is 6. The van der Waals surface area contributed by atoms with Crippen LogP contribution in [0.2, 0.25) is 0 Å². The number of ether oxygens (including phenoxy) is 1. The Morgan fingerprint density at radius 1 is 0.880 bits per heavy atom. The second kappa shape index (κ2) is 7.66. The molecule has 0 saturated heterocycles. The predicted molar refractivity (Wildman–Crippen MR) is 102 cm³/mol. The normalized spacial score (nSPS) is 10.4. The summed E-state index contributed by atoms with van der Waals surface area (Å²) in [6.07, 6.45) is 0. The fourth-order valence-corrected chi connectivity index (χ4v) is 2.47. The van der Waals surface area contributed by atoms with Crippen molar-refractivity contribution in [2.45, 2.75) is 20.8 Å². The van der Waals surface area contributed by atoms with Gasteiger partial charge in [-0.05, 0) is 45.0 Å². The number of para-hydroxylation sites is 2. The molecule has 0 amide bonds. The summed E-state index contributed by atoms with van der Waals surface area (Å²) in [5.74, 6) is 2.95. The van der Waals surface area contributed by atoms with E-state index in [0.717, 1.165) is 22.9 Å². The number of hydrogen-bond acceptors (Lipinski definition) is 5. The molecular weight excluding hydrogens is 312 g/mol. The highest BCUT2D eigenvalue weighted by Crippen LogP contribution is 2.27. The Morgan fingerprint density at radius 3 is 2.28 bits per heavy atom. The molecule has 5 heteroatoms. The Kier molecular flexibility index (Phi) is 5.14. The van der Waals surface area contributed by atoms with Gasteiger partial charge in [0, 0.05) is 11.8 Å². The maximum absolute atomic E-state index is 5.65. The van der Waals surface area contributed by atoms with Crippen molar-refractivity contribution in [3.05, 3.63) is 66.0 Å². The molecular formula is C20H22N4O. The maximum atomic E-state index is 5.65. The Labute approximate surface area is 148 Å². The van der Waals surface area contributed by atoms with Crippen molar-refractivity contribution in [2.75, 3.05) is 17.2 Å². The first-order valence-corrected chi connectivity index (χ1v) is 8.32. The van der Waals surface area contributed by atoms with Gasteiger partial charge in [0.25, 0.3) is 0 Å². The average Bonchev–Trinajstić information content (AvgIpc) is 2.58. The number of nitrogens with zero attached hydrogens (tertiary/aromatic N) is 2. The summed E-state index contributed by atoms with van der Waals surface area (Å²) in [5.41, 5.74) is 3.09. The molecule has 2 aromatic carbocycles. The van der Waals surface area contributed by atoms with E-state index >= 15 is 0 Å². The van der Waals surface area contributed by atoms with Gasteiger partial charge in [-0.1, -0.05) is 29.8 Å². The van der Waals surface area contributed by atoms with Crippen molar-refractivity contribution >= 4 is 23.0 Å². The van der Waals surface area contributed by atoms with Crippen LogP contribution in [0, 0.1) is 13.8 Å². The minimum absolute atomic E-state index is 0.613. The Bertz CT molecular complexity index is 847. The minimum Gasteiger partial charge on any atom is -0.492 e. The van der Waals surface area contributed by atoms with Crippen molar-refractivity contribution in [1.29, 1.82) is 0 Å². The van der Waals surface area contributed by atoms with E-state index in [1.54, 1.807) is 0 Å². The summed E-state index contributed by atoms with van der Waals surface area (Å²) in [6.45, 7) is 6.52. The number of aryl methyl sites for hydroxylation is 2. The molecule has 0 saturated carbocycles. The highest BCUT2D eigenvalue weighted by molar-refractivity contribution is 5.67. The largest absolute Gasteiger partial charge is 0.492 e. The zero-order valence-corrected chi connectivity index (χ0v) is 14.7. The Morgan fingerprint density at radius 2 is 1.56 bits per heavy atom. The SMILES string of the molecule is CCOc1ccccc1Nc1cc(Nc2ccc(C)cc2)nc(C)n1. The number of anilines is 4. The zero-order valence-electron chi connectivity index (χ0n) is 14.7. The number of hydrogen-bond donors (Lipinski definition) is 2. The highest BCUT2D eigenvalue weighted by atomic mass is 16.5. The molecule has 3 aromatic rings. The van der Waals surface area contributed by atoms with E-state index in [1.165, 1.54) is 5.56 Å². The molecule has 0 aliphatic rings. The lowest BCUT2D eigenvalue weighted by Gasteiger charge is -2.13. The van der Waals surface area contributed by atoms with Crippen LogP contribution in [0.1, 0.15) is 18.3 Å². The van der Waals surface area contributed by atoms with Crippen molar-refractivity contribution < 1.29 is 4.74 Å². The molecule has 0 bridgehead atoms. The standard InChI is InChI=1S/C20H22N4O/c1-4-25-18-8-6-5-7-17(18)24-20-13-19(21-15(3)22-20)23-16-11-9-14(2)10-12-16/h5-13H,4H2,1-3H3,(H2,21,22,23,24). The van der Waals surface area contributed by atoms with Gasteiger partial charge in [-0.3, -0.25) is 0 Å². The fourth-order valence-electron chi connectivity index (χ4n) is 2.47. The molecule has 1 aromatic heterocycles. The highest BCUT2D eigenvalue weighted by Gasteiger charge is 2.07. The summed E-state index contributed by atoms with van der Waals surface area (Å²) in [5, 5.41) is 6.63. The number of aromatic nitrogens is 2. The van der Waals surface area contributed by atoms with Gasteiger partial charge in [0.1, 0.15) is 23.2 Å². The first kappa shape index (κ1) is 16.8. The third-order valence-electron chi connectivity index (χ3n) is 3.61. The van der Waals surface area contributed by atoms with Gasteiger partial charge in [0.2, 0.25) is 0 Å². The smallest absolute Gasteiger partial charge is 0.142 e. The second-order valence-corrected chi connectivity index (χ2v) is 5.73. The second-order valence-electron chi connectivity index (χ2n) is 5.73. The Hall–Kier alpha value is -3.08. The minimum atomic E-state index is 0.613. The fraction of sp³-hybridized carbons (Fsp3) is 0.200. The summed E-state index contributed by atoms with van der Waals surface area (Å²) < 4.78 is 5.65. The molecule has 1 heterocycles. The predicted octanol–water partition coefficient (Wildman–Crippen LogP) is 4.98. The van der Waals surface area contributed by atoms with Gasteiger partial charge in [0.05, 0.1) is 12.3 Å². The summed E-state index contributed by atoms with van der Waals surface area (Å²) >= 11 is 0. The molecule has 0 unspecified atom stereocenters. The monoisotopic (exact) mass is 334 g/mol. The van der Waals surface area contributed by atoms with Crippen molar-refractivity contribution in [3.63, 3.8) is 0 Å². The van der Waals surface area contributed by atoms with Crippen molar-refractivity contribution in [2.24, 2.45) is 0 Å². The van der Waals surface area contributed by atoms with Crippen LogP contribution in [0.4, 0.5) is 23.0 Å². The first-order chi connectivity index (χ1) is 12.1. The van der Waals surface area contributed by atoms with Gasteiger partial charge in [0.15, 0.2) is 0 Å². The molecule has 25 heavy (non-hydrogen) atoms. The lowest BCUT2D eigenvalue weighted by Crippen LogP contribution is -2.03. The van der Waals surface area contributed by atoms with Crippen LogP contribution >= 0.6 is 0 Å². The first-order valence-electron chi connectivity index (χ1n) is 8.32. The molecule has 0 aliphatic carbocycles. The van der Waals surface area contributed by atoms with Crippen LogP contribution in [-0.2, 0) is 0 Å². The van der Waals surface area contributed by atoms with Crippen molar-refractivity contribution in [3.8, 4) is 5.75 Å². The summed E-state index contributed by atoms with van der Waals surface area (Å²) in [6, 6.07) is 17.9. The number of benzene rings is 2. The topological polar surface area (TPSA) is 59.1 Å². The van der Waals surface area contributed by atoms with E-state index in [1.807, 2.05) is 56.3 Å². The molecule has 2 N–H and O–H groups in total. The van der Waals surface area contributed by atoms with E-state index in [9.17, 15) is 0 Å². The van der Waals surface area contributed by atoms with Crippen LogP contribution in [0.25, 0.3) is 0 Å². The molecule has 0 aliphatic heterocycles. The summed E-state index contributed by atoms with van der Waals surface area (Å²) in [7, 11) is 0. The van der Waals surface area contributed by atoms with Gasteiger partial charge >= 0.3 is 0 Å². The molecule has 0 fully saturated rings. The van der Waals surface area contributed by atoms with Crippen LogP contribution in [0.3, 0.4) is 0 Å². The zero-order chi connectivity index (χ0) is 17.6. The lowest BCUT2D eigenvalue weighted by atomic mass is 10.2. The van der Waals surface area contributed by atoms with Crippen LogP contribution in [0.5, 0.6) is 5.75 Å². The van der Waals surface area contributed by atoms with Crippen LogP contribution in [0.15, 0.2) is 54.6 Å². The third kappa shape index (κ3) is 4.47. The molecule has 5 nitrogen and oxygen atoms in total. The quantitative estimate of drug-likeness (QED) is 0.666. The molecule has 3 rings (SSSR count). The van der Waals surface area contributed by atoms with Crippen LogP contribution in [-0.4, -0.2) is 16.6 Å². The van der Waals surface area contributed by atoms with E-state index in [-0.39, 0.29) is 0 Å². The molecule has 0 atom stereocenters. The summed E-state index contributed by atoms with van der Waals surface area (Å²) in [4.78, 5) is 8.93. The van der Waals surface area contributed by atoms with Gasteiger partial charge in [-0.15, -0.1) is 0 Å².